The monoisotopic (exact) mass is 272 g/mol. The Morgan fingerprint density at radius 3 is 2.74 bits per heavy atom. The van der Waals surface area contributed by atoms with Gasteiger partial charge in [-0.2, -0.15) is 0 Å². The fourth-order valence-corrected chi connectivity index (χ4v) is 2.55. The molecule has 0 saturated heterocycles. The number of nitrogens with one attached hydrogen (secondary N) is 2. The van der Waals surface area contributed by atoms with Gasteiger partial charge in [-0.3, -0.25) is 5.10 Å². The molecule has 0 fully saturated rings. The van der Waals surface area contributed by atoms with Crippen LogP contribution in [0, 0.1) is 6.92 Å². The molecule has 2 heterocycles. The molecular weight excluding hydrogens is 260 g/mol. The van der Waals surface area contributed by atoms with Crippen molar-refractivity contribution in [3.63, 3.8) is 0 Å². The Balaban J connectivity index is 2.10. The molecule has 0 amide bonds. The standard InChI is InChI=1S/C12H12N6S/c1-7-14-12(18-17-7)19-10-8-5-3-4-6-9(8)15-11(13-2)16-10/h3-6H,1-2H3,(H,13,15,16)(H,14,17,18). The number of fused-ring (bicyclic) bond motifs is 1. The number of hydrogen-bond donors (Lipinski definition) is 2. The molecule has 0 radical (unpaired) electrons. The number of nitrogens with zero attached hydrogens (tertiary/aromatic N) is 4. The Bertz CT molecular complexity index is 723. The summed E-state index contributed by atoms with van der Waals surface area (Å²) in [4.78, 5) is 13.2. The van der Waals surface area contributed by atoms with Gasteiger partial charge in [0.1, 0.15) is 10.9 Å². The highest BCUT2D eigenvalue weighted by Gasteiger charge is 2.10. The molecule has 6 nitrogen and oxygen atoms in total. The van der Waals surface area contributed by atoms with Gasteiger partial charge in [-0.15, -0.1) is 5.10 Å². The first-order valence-corrected chi connectivity index (χ1v) is 6.59. The molecule has 0 aliphatic heterocycles. The number of H-pyrrole nitrogens is 1. The lowest BCUT2D eigenvalue weighted by molar-refractivity contribution is 0.965. The van der Waals surface area contributed by atoms with Crippen LogP contribution in [-0.4, -0.2) is 32.2 Å². The van der Waals surface area contributed by atoms with Crippen molar-refractivity contribution >= 4 is 28.6 Å². The van der Waals surface area contributed by atoms with Gasteiger partial charge in [0.25, 0.3) is 0 Å². The zero-order valence-corrected chi connectivity index (χ0v) is 11.3. The van der Waals surface area contributed by atoms with Crippen molar-refractivity contribution in [1.29, 1.82) is 0 Å². The van der Waals surface area contributed by atoms with Gasteiger partial charge < -0.3 is 5.32 Å². The van der Waals surface area contributed by atoms with Crippen LogP contribution >= 0.6 is 11.8 Å². The van der Waals surface area contributed by atoms with Crippen LogP contribution in [0.5, 0.6) is 0 Å². The largest absolute Gasteiger partial charge is 0.357 e. The first-order chi connectivity index (χ1) is 9.26. The molecule has 0 spiro atoms. The van der Waals surface area contributed by atoms with E-state index in [0.717, 1.165) is 21.8 Å². The van der Waals surface area contributed by atoms with Gasteiger partial charge >= 0.3 is 0 Å². The van der Waals surface area contributed by atoms with Gasteiger partial charge in [0.15, 0.2) is 0 Å². The van der Waals surface area contributed by atoms with Crippen LogP contribution in [0.15, 0.2) is 34.4 Å². The molecule has 0 unspecified atom stereocenters. The Hall–Kier alpha value is -2.15. The fraction of sp³-hybridized carbons (Fsp3) is 0.167. The number of aryl methyl sites for hydroxylation is 1. The summed E-state index contributed by atoms with van der Waals surface area (Å²) in [5, 5.41) is 12.4. The number of para-hydroxylation sites is 1. The predicted octanol–water partition coefficient (Wildman–Crippen LogP) is 2.25. The predicted molar refractivity (Wildman–Crippen MR) is 74.3 cm³/mol. The fourth-order valence-electron chi connectivity index (χ4n) is 1.69. The summed E-state index contributed by atoms with van der Waals surface area (Å²) in [6.07, 6.45) is 0. The molecule has 0 atom stereocenters. The molecule has 0 aliphatic rings. The molecule has 0 bridgehead atoms. The van der Waals surface area contributed by atoms with Crippen molar-refractivity contribution in [3.8, 4) is 0 Å². The van der Waals surface area contributed by atoms with E-state index in [9.17, 15) is 0 Å². The second kappa shape index (κ2) is 4.85. The minimum Gasteiger partial charge on any atom is -0.357 e. The van der Waals surface area contributed by atoms with E-state index >= 15 is 0 Å². The van der Waals surface area contributed by atoms with Gasteiger partial charge in [0.05, 0.1) is 5.52 Å². The van der Waals surface area contributed by atoms with E-state index in [0.29, 0.717) is 11.1 Å². The van der Waals surface area contributed by atoms with Gasteiger partial charge in [-0.1, -0.05) is 18.2 Å². The smallest absolute Gasteiger partial charge is 0.224 e. The molecule has 7 heteroatoms. The van der Waals surface area contributed by atoms with Crippen molar-refractivity contribution in [1.82, 2.24) is 25.1 Å². The van der Waals surface area contributed by atoms with Gasteiger partial charge in [-0.05, 0) is 24.8 Å². The van der Waals surface area contributed by atoms with Crippen molar-refractivity contribution < 1.29 is 0 Å². The Morgan fingerprint density at radius 2 is 2.00 bits per heavy atom. The molecule has 3 aromatic rings. The minimum atomic E-state index is 0.591. The van der Waals surface area contributed by atoms with Crippen LogP contribution in [0.4, 0.5) is 5.95 Å². The number of anilines is 1. The van der Waals surface area contributed by atoms with Crippen molar-refractivity contribution in [2.45, 2.75) is 17.1 Å². The highest BCUT2D eigenvalue weighted by molar-refractivity contribution is 7.99. The van der Waals surface area contributed by atoms with Crippen molar-refractivity contribution in [2.24, 2.45) is 0 Å². The highest BCUT2D eigenvalue weighted by Crippen LogP contribution is 2.30. The van der Waals surface area contributed by atoms with E-state index < -0.39 is 0 Å². The summed E-state index contributed by atoms with van der Waals surface area (Å²) >= 11 is 1.42. The third kappa shape index (κ3) is 2.37. The highest BCUT2D eigenvalue weighted by atomic mass is 32.2. The van der Waals surface area contributed by atoms with Crippen molar-refractivity contribution in [3.05, 3.63) is 30.1 Å². The quantitative estimate of drug-likeness (QED) is 0.712. The number of aromatic nitrogens is 5. The lowest BCUT2D eigenvalue weighted by Gasteiger charge is -2.05. The topological polar surface area (TPSA) is 79.4 Å². The average Bonchev–Trinajstić information content (AvgIpc) is 2.84. The van der Waals surface area contributed by atoms with E-state index in [4.69, 9.17) is 0 Å². The van der Waals surface area contributed by atoms with Crippen LogP contribution in [-0.2, 0) is 0 Å². The first kappa shape index (κ1) is 11.9. The zero-order chi connectivity index (χ0) is 13.2. The van der Waals surface area contributed by atoms with Gasteiger partial charge in [0, 0.05) is 12.4 Å². The molecule has 96 valence electrons. The second-order valence-corrected chi connectivity index (χ2v) is 4.88. The second-order valence-electron chi connectivity index (χ2n) is 3.92. The maximum absolute atomic E-state index is 4.47. The summed E-state index contributed by atoms with van der Waals surface area (Å²) in [5.74, 6) is 1.38. The molecule has 1 aromatic carbocycles. The number of rotatable bonds is 3. The molecule has 3 rings (SSSR count). The van der Waals surface area contributed by atoms with Crippen molar-refractivity contribution in [2.75, 3.05) is 12.4 Å². The summed E-state index contributed by atoms with van der Waals surface area (Å²) in [7, 11) is 1.80. The Kier molecular flexibility index (Phi) is 3.04. The van der Waals surface area contributed by atoms with Gasteiger partial charge in [-0.25, -0.2) is 15.0 Å². The van der Waals surface area contributed by atoms with E-state index in [1.54, 1.807) is 7.05 Å². The number of hydrogen-bond acceptors (Lipinski definition) is 6. The maximum atomic E-state index is 4.47. The number of benzene rings is 1. The van der Waals surface area contributed by atoms with E-state index in [1.807, 2.05) is 31.2 Å². The average molecular weight is 272 g/mol. The van der Waals surface area contributed by atoms with Crippen LogP contribution in [0.25, 0.3) is 10.9 Å². The molecular formula is C12H12N6S. The summed E-state index contributed by atoms with van der Waals surface area (Å²) in [6, 6.07) is 7.89. The molecule has 19 heavy (non-hydrogen) atoms. The minimum absolute atomic E-state index is 0.591. The summed E-state index contributed by atoms with van der Waals surface area (Å²) < 4.78 is 0. The van der Waals surface area contributed by atoms with E-state index in [2.05, 4.69) is 30.5 Å². The summed E-state index contributed by atoms with van der Waals surface area (Å²) in [6.45, 7) is 1.87. The zero-order valence-electron chi connectivity index (χ0n) is 10.5. The Labute approximate surface area is 114 Å². The lowest BCUT2D eigenvalue weighted by Crippen LogP contribution is -1.98. The van der Waals surface area contributed by atoms with Crippen LogP contribution in [0.3, 0.4) is 0 Å². The van der Waals surface area contributed by atoms with E-state index in [1.165, 1.54) is 11.8 Å². The lowest BCUT2D eigenvalue weighted by atomic mass is 10.2. The third-order valence-corrected chi connectivity index (χ3v) is 3.43. The number of aromatic amines is 1. The molecule has 2 N–H and O–H groups in total. The van der Waals surface area contributed by atoms with E-state index in [-0.39, 0.29) is 0 Å². The van der Waals surface area contributed by atoms with Crippen LogP contribution < -0.4 is 5.32 Å². The SMILES string of the molecule is CNc1nc(Sc2n[nH]c(C)n2)c2ccccc2n1. The normalized spacial score (nSPS) is 10.8. The Morgan fingerprint density at radius 1 is 1.16 bits per heavy atom. The molecule has 0 aliphatic carbocycles. The maximum Gasteiger partial charge on any atom is 0.224 e. The third-order valence-electron chi connectivity index (χ3n) is 2.56. The molecule has 2 aromatic heterocycles. The van der Waals surface area contributed by atoms with Gasteiger partial charge in [0.2, 0.25) is 11.1 Å². The molecule has 0 saturated carbocycles. The van der Waals surface area contributed by atoms with Crippen LogP contribution in [0.2, 0.25) is 0 Å². The summed E-state index contributed by atoms with van der Waals surface area (Å²) in [5.41, 5.74) is 0.900. The first-order valence-electron chi connectivity index (χ1n) is 5.77. The van der Waals surface area contributed by atoms with Crippen LogP contribution in [0.1, 0.15) is 5.82 Å².